The second-order valence-electron chi connectivity index (χ2n) is 4.58. The highest BCUT2D eigenvalue weighted by molar-refractivity contribution is 5.89. The Morgan fingerprint density at radius 1 is 1.50 bits per heavy atom. The molecule has 3 unspecified atom stereocenters. The lowest BCUT2D eigenvalue weighted by Crippen LogP contribution is -2.29. The van der Waals surface area contributed by atoms with E-state index >= 15 is 0 Å². The highest BCUT2D eigenvalue weighted by Crippen LogP contribution is 2.59. The van der Waals surface area contributed by atoms with Gasteiger partial charge < -0.3 is 0 Å². The van der Waals surface area contributed by atoms with Gasteiger partial charge in [-0.3, -0.25) is 4.79 Å². The van der Waals surface area contributed by atoms with Crippen molar-refractivity contribution in [3.8, 4) is 0 Å². The molecule has 0 aromatic carbocycles. The standard InChI is InChI=1S/C11H14O/c12-10-7-8-3-1-5-11(10)6-2-4-9(8)11/h1,3,8-9H,2,4-7H2. The maximum atomic E-state index is 11.8. The van der Waals surface area contributed by atoms with E-state index in [2.05, 4.69) is 12.2 Å². The van der Waals surface area contributed by atoms with Gasteiger partial charge in [0.25, 0.3) is 0 Å². The van der Waals surface area contributed by atoms with Crippen LogP contribution in [0.4, 0.5) is 0 Å². The fourth-order valence-electron chi connectivity index (χ4n) is 3.65. The van der Waals surface area contributed by atoms with Crippen LogP contribution in [0.25, 0.3) is 0 Å². The number of hydrogen-bond acceptors (Lipinski definition) is 1. The smallest absolute Gasteiger partial charge is 0.140 e. The Hall–Kier alpha value is -0.590. The van der Waals surface area contributed by atoms with E-state index < -0.39 is 0 Å². The largest absolute Gasteiger partial charge is 0.299 e. The molecule has 3 rings (SSSR count). The molecule has 3 atom stereocenters. The molecule has 2 fully saturated rings. The summed E-state index contributed by atoms with van der Waals surface area (Å²) in [4.78, 5) is 11.8. The van der Waals surface area contributed by atoms with E-state index in [9.17, 15) is 4.79 Å². The summed E-state index contributed by atoms with van der Waals surface area (Å²) >= 11 is 0. The molecule has 3 aliphatic rings. The molecule has 0 aliphatic heterocycles. The van der Waals surface area contributed by atoms with Crippen molar-refractivity contribution < 1.29 is 4.79 Å². The van der Waals surface area contributed by atoms with E-state index in [4.69, 9.17) is 0 Å². The van der Waals surface area contributed by atoms with E-state index in [-0.39, 0.29) is 5.41 Å². The molecule has 64 valence electrons. The molecule has 1 nitrogen and oxygen atoms in total. The van der Waals surface area contributed by atoms with Gasteiger partial charge in [0.1, 0.15) is 5.78 Å². The average Bonchev–Trinajstić information content (AvgIpc) is 2.52. The third-order valence-corrected chi connectivity index (χ3v) is 4.21. The Labute approximate surface area is 72.8 Å². The first-order chi connectivity index (χ1) is 5.83. The lowest BCUT2D eigenvalue weighted by atomic mass is 9.72. The van der Waals surface area contributed by atoms with Crippen LogP contribution in [0.3, 0.4) is 0 Å². The van der Waals surface area contributed by atoms with Crippen LogP contribution in [0.1, 0.15) is 32.1 Å². The molecule has 0 aromatic heterocycles. The third kappa shape index (κ3) is 0.596. The maximum absolute atomic E-state index is 11.8. The maximum Gasteiger partial charge on any atom is 0.140 e. The Bertz CT molecular complexity index is 266. The number of Topliss-reactive ketones (excluding diaryl/α,β-unsaturated/α-hetero) is 1. The van der Waals surface area contributed by atoms with Gasteiger partial charge in [0, 0.05) is 11.8 Å². The summed E-state index contributed by atoms with van der Waals surface area (Å²) in [7, 11) is 0. The Morgan fingerprint density at radius 2 is 2.42 bits per heavy atom. The predicted octanol–water partition coefficient (Wildman–Crippen LogP) is 2.32. The minimum atomic E-state index is 0.138. The first-order valence-electron chi connectivity index (χ1n) is 5.03. The summed E-state index contributed by atoms with van der Waals surface area (Å²) in [5, 5.41) is 0. The minimum absolute atomic E-state index is 0.138. The van der Waals surface area contributed by atoms with Gasteiger partial charge >= 0.3 is 0 Å². The molecular formula is C11H14O. The van der Waals surface area contributed by atoms with Gasteiger partial charge in [-0.15, -0.1) is 0 Å². The molecule has 0 amide bonds. The normalized spacial score (nSPS) is 49.8. The Morgan fingerprint density at radius 3 is 3.25 bits per heavy atom. The van der Waals surface area contributed by atoms with Crippen molar-refractivity contribution in [2.45, 2.75) is 32.1 Å². The fourth-order valence-corrected chi connectivity index (χ4v) is 3.65. The van der Waals surface area contributed by atoms with Crippen molar-refractivity contribution in [2.24, 2.45) is 17.3 Å². The van der Waals surface area contributed by atoms with Gasteiger partial charge in [-0.2, -0.15) is 0 Å². The first kappa shape index (κ1) is 6.88. The highest BCUT2D eigenvalue weighted by Gasteiger charge is 2.56. The fraction of sp³-hybridized carbons (Fsp3) is 0.727. The van der Waals surface area contributed by atoms with Gasteiger partial charge in [0.15, 0.2) is 0 Å². The second kappa shape index (κ2) is 2.01. The van der Waals surface area contributed by atoms with Crippen LogP contribution < -0.4 is 0 Å². The predicted molar refractivity (Wildman–Crippen MR) is 46.6 cm³/mol. The van der Waals surface area contributed by atoms with Crippen LogP contribution in [-0.4, -0.2) is 5.78 Å². The zero-order valence-electron chi connectivity index (χ0n) is 7.25. The molecule has 0 heterocycles. The zero-order chi connectivity index (χ0) is 8.18. The van der Waals surface area contributed by atoms with E-state index in [0.717, 1.165) is 18.8 Å². The summed E-state index contributed by atoms with van der Waals surface area (Å²) in [5.41, 5.74) is 0.138. The Kier molecular flexibility index (Phi) is 1.15. The van der Waals surface area contributed by atoms with Crippen LogP contribution in [0, 0.1) is 17.3 Å². The monoisotopic (exact) mass is 162 g/mol. The summed E-state index contributed by atoms with van der Waals surface area (Å²) < 4.78 is 0. The molecule has 1 heteroatoms. The first-order valence-corrected chi connectivity index (χ1v) is 5.03. The highest BCUT2D eigenvalue weighted by atomic mass is 16.1. The van der Waals surface area contributed by atoms with E-state index in [1.807, 2.05) is 0 Å². The molecule has 0 saturated heterocycles. The van der Waals surface area contributed by atoms with E-state index in [1.54, 1.807) is 0 Å². The molecule has 2 saturated carbocycles. The third-order valence-electron chi connectivity index (χ3n) is 4.21. The minimum Gasteiger partial charge on any atom is -0.299 e. The SMILES string of the molecule is O=C1CC2C=CCC13CCCC23. The summed E-state index contributed by atoms with van der Waals surface area (Å²) in [6, 6.07) is 0. The lowest BCUT2D eigenvalue weighted by molar-refractivity contribution is -0.126. The van der Waals surface area contributed by atoms with Crippen molar-refractivity contribution in [1.82, 2.24) is 0 Å². The molecule has 0 radical (unpaired) electrons. The van der Waals surface area contributed by atoms with Crippen molar-refractivity contribution in [3.63, 3.8) is 0 Å². The Balaban J connectivity index is 2.12. The summed E-state index contributed by atoms with van der Waals surface area (Å²) in [6.07, 6.45) is 10.2. The second-order valence-corrected chi connectivity index (χ2v) is 4.58. The lowest BCUT2D eigenvalue weighted by Gasteiger charge is -2.30. The number of hydrogen-bond donors (Lipinski definition) is 0. The number of allylic oxidation sites excluding steroid dienone is 2. The van der Waals surface area contributed by atoms with E-state index in [1.165, 1.54) is 19.3 Å². The molecule has 0 aromatic rings. The van der Waals surface area contributed by atoms with Crippen LogP contribution in [0.5, 0.6) is 0 Å². The number of carbonyl (C=O) groups is 1. The molecule has 3 aliphatic carbocycles. The number of rotatable bonds is 0. The zero-order valence-corrected chi connectivity index (χ0v) is 7.25. The molecular weight excluding hydrogens is 148 g/mol. The van der Waals surface area contributed by atoms with Crippen molar-refractivity contribution in [3.05, 3.63) is 12.2 Å². The topological polar surface area (TPSA) is 17.1 Å². The van der Waals surface area contributed by atoms with Crippen molar-refractivity contribution >= 4 is 5.78 Å². The van der Waals surface area contributed by atoms with Crippen LogP contribution in [-0.2, 0) is 4.79 Å². The number of ketones is 1. The summed E-state index contributed by atoms with van der Waals surface area (Å²) in [6.45, 7) is 0. The van der Waals surface area contributed by atoms with Gasteiger partial charge in [-0.05, 0) is 31.1 Å². The number of carbonyl (C=O) groups excluding carboxylic acids is 1. The van der Waals surface area contributed by atoms with Crippen LogP contribution in [0.15, 0.2) is 12.2 Å². The summed E-state index contributed by atoms with van der Waals surface area (Å²) in [5.74, 6) is 1.92. The van der Waals surface area contributed by atoms with Crippen molar-refractivity contribution in [2.75, 3.05) is 0 Å². The molecule has 0 spiro atoms. The molecule has 0 N–H and O–H groups in total. The molecule has 12 heavy (non-hydrogen) atoms. The van der Waals surface area contributed by atoms with Gasteiger partial charge in [-0.1, -0.05) is 18.6 Å². The van der Waals surface area contributed by atoms with Gasteiger partial charge in [-0.25, -0.2) is 0 Å². The average molecular weight is 162 g/mol. The van der Waals surface area contributed by atoms with Crippen LogP contribution in [0.2, 0.25) is 0 Å². The van der Waals surface area contributed by atoms with Gasteiger partial charge in [0.05, 0.1) is 0 Å². The van der Waals surface area contributed by atoms with Crippen LogP contribution >= 0.6 is 0 Å². The van der Waals surface area contributed by atoms with E-state index in [0.29, 0.717) is 11.7 Å². The molecule has 2 bridgehead atoms. The quantitative estimate of drug-likeness (QED) is 0.499. The van der Waals surface area contributed by atoms with Gasteiger partial charge in [0.2, 0.25) is 0 Å². The van der Waals surface area contributed by atoms with Crippen molar-refractivity contribution in [1.29, 1.82) is 0 Å².